The van der Waals surface area contributed by atoms with Crippen LogP contribution in [0.4, 0.5) is 0 Å². The Labute approximate surface area is 353 Å². The number of methoxy groups -OCH3 is 1. The average molecular weight is 842 g/mol. The smallest absolute Gasteiger partial charge is 0.306 e. The molecule has 2 aliphatic carbocycles. The fourth-order valence-electron chi connectivity index (χ4n) is 9.82. The van der Waals surface area contributed by atoms with E-state index in [0.717, 1.165) is 86.5 Å². The van der Waals surface area contributed by atoms with Crippen LogP contribution >= 0.6 is 0 Å². The molecule has 1 N–H and O–H groups in total. The van der Waals surface area contributed by atoms with E-state index in [9.17, 15) is 27.6 Å². The number of nitrogens with one attached hydrogen (secondary N) is 1. The van der Waals surface area contributed by atoms with Crippen molar-refractivity contribution in [2.24, 2.45) is 23.2 Å². The van der Waals surface area contributed by atoms with Gasteiger partial charge in [0.05, 0.1) is 54.6 Å². The van der Waals surface area contributed by atoms with Gasteiger partial charge in [-0.15, -0.1) is 0 Å². The second-order valence-corrected chi connectivity index (χ2v) is 20.2. The van der Waals surface area contributed by atoms with Gasteiger partial charge in [-0.25, -0.2) is 13.4 Å². The van der Waals surface area contributed by atoms with Crippen molar-refractivity contribution in [2.45, 2.75) is 133 Å². The van der Waals surface area contributed by atoms with Gasteiger partial charge in [0, 0.05) is 41.8 Å². The van der Waals surface area contributed by atoms with E-state index in [4.69, 9.17) is 19.2 Å². The number of Topliss-reactive ketones (excluding diaryl/α,β-unsaturated/α-hetero) is 1. The molecule has 6 atom stereocenters. The summed E-state index contributed by atoms with van der Waals surface area (Å²) in [5.74, 6) is -0.990. The average Bonchev–Trinajstić information content (AvgIpc) is 4.17. The normalized spacial score (nSPS) is 28.6. The fraction of sp³-hybridized carbons (Fsp3) is 0.596. The Hall–Kier alpha value is -4.52. The second-order valence-electron chi connectivity index (χ2n) is 18.2. The van der Waals surface area contributed by atoms with Crippen molar-refractivity contribution >= 4 is 44.5 Å². The standard InChI is InChI=1S/C47H59N3O9S/c1-30-13-11-12-16-32-21-37-39(25-42(32)57-2)48-38(31-14-8-6-9-15-31)24-43(37)59-35-23-40-41(51)27-47(46(54)49-60(55,56)36-19-20-36)26-34(47)18-10-5-3-4-7-17-33(22-44(52)58-29-30)45(53)50(40)28-35/h6,8-9,14-15,21,24-25,30,33-36,40H,3-5,7,10-13,16-20,22-23,26-29H2,1-2H3,(H,49,54)/t30-,33-,34+,35-,40+,47-/m1/s1. The first kappa shape index (κ1) is 42.2. The molecule has 3 aliphatic heterocycles. The largest absolute Gasteiger partial charge is 0.496 e. The lowest BCUT2D eigenvalue weighted by molar-refractivity contribution is -0.151. The Balaban J connectivity index is 1.18. The molecule has 2 amide bonds. The summed E-state index contributed by atoms with van der Waals surface area (Å²) in [6, 6.07) is 14.8. The van der Waals surface area contributed by atoms with Crippen molar-refractivity contribution in [2.75, 3.05) is 20.3 Å². The van der Waals surface area contributed by atoms with E-state index in [-0.39, 0.29) is 55.9 Å². The van der Waals surface area contributed by atoms with E-state index >= 15 is 0 Å². The molecule has 2 aromatic carbocycles. The zero-order chi connectivity index (χ0) is 42.0. The molecule has 13 heteroatoms. The highest BCUT2D eigenvalue weighted by molar-refractivity contribution is 7.90. The van der Waals surface area contributed by atoms with Gasteiger partial charge < -0.3 is 19.1 Å². The predicted octanol–water partition coefficient (Wildman–Crippen LogP) is 7.49. The van der Waals surface area contributed by atoms with Crippen LogP contribution in [0.5, 0.6) is 11.5 Å². The van der Waals surface area contributed by atoms with Crippen molar-refractivity contribution in [3.8, 4) is 22.8 Å². The molecule has 4 heterocycles. The lowest BCUT2D eigenvalue weighted by Gasteiger charge is -2.29. The fourth-order valence-corrected chi connectivity index (χ4v) is 11.2. The Morgan fingerprint density at radius 1 is 0.933 bits per heavy atom. The first-order valence-electron chi connectivity index (χ1n) is 22.2. The molecule has 1 aromatic heterocycles. The van der Waals surface area contributed by atoms with Crippen LogP contribution in [0.2, 0.25) is 0 Å². The minimum Gasteiger partial charge on any atom is -0.496 e. The number of ether oxygens (including phenoxy) is 3. The highest BCUT2D eigenvalue weighted by Crippen LogP contribution is 2.59. The first-order valence-corrected chi connectivity index (χ1v) is 23.8. The van der Waals surface area contributed by atoms with Crippen LogP contribution in [0, 0.1) is 23.2 Å². The lowest BCUT2D eigenvalue weighted by atomic mass is 9.90. The van der Waals surface area contributed by atoms with E-state index in [2.05, 4.69) is 17.7 Å². The Bertz CT molecular complexity index is 2210. The van der Waals surface area contributed by atoms with Crippen LogP contribution in [0.3, 0.4) is 0 Å². The number of rotatable bonds is 5. The molecular formula is C47H59N3O9S. The number of hydrogen-bond donors (Lipinski definition) is 1. The Kier molecular flexibility index (Phi) is 12.5. The van der Waals surface area contributed by atoms with Gasteiger partial charge in [0.15, 0.2) is 5.78 Å². The number of aryl methyl sites for hydroxylation is 1. The number of aromatic nitrogens is 1. The molecule has 4 fully saturated rings. The van der Waals surface area contributed by atoms with E-state index < -0.39 is 50.6 Å². The molecule has 0 radical (unpaired) electrons. The van der Waals surface area contributed by atoms with Crippen LogP contribution in [0.25, 0.3) is 22.2 Å². The van der Waals surface area contributed by atoms with Gasteiger partial charge in [0.25, 0.3) is 0 Å². The number of benzene rings is 2. The number of ketones is 1. The summed E-state index contributed by atoms with van der Waals surface area (Å²) in [7, 11) is -2.17. The van der Waals surface area contributed by atoms with Crippen molar-refractivity contribution in [3.63, 3.8) is 0 Å². The number of cyclic esters (lactones) is 1. The zero-order valence-electron chi connectivity index (χ0n) is 35.0. The molecule has 2 saturated carbocycles. The lowest BCUT2D eigenvalue weighted by Crippen LogP contribution is -2.46. The third-order valence-corrected chi connectivity index (χ3v) is 15.4. The molecule has 8 rings (SSSR count). The van der Waals surface area contributed by atoms with Crippen molar-refractivity contribution in [1.29, 1.82) is 0 Å². The molecule has 12 nitrogen and oxygen atoms in total. The number of fused-ring (bicyclic) bond motifs is 4. The Morgan fingerprint density at radius 3 is 2.45 bits per heavy atom. The van der Waals surface area contributed by atoms with Crippen LogP contribution in [-0.2, 0) is 40.4 Å². The van der Waals surface area contributed by atoms with Crippen molar-refractivity contribution in [1.82, 2.24) is 14.6 Å². The van der Waals surface area contributed by atoms with E-state index in [1.54, 1.807) is 12.0 Å². The maximum atomic E-state index is 14.9. The number of carbonyl (C=O) groups excluding carboxylic acids is 4. The van der Waals surface area contributed by atoms with Gasteiger partial charge in [-0.3, -0.25) is 23.9 Å². The summed E-state index contributed by atoms with van der Waals surface area (Å²) < 4.78 is 47.0. The summed E-state index contributed by atoms with van der Waals surface area (Å²) in [5.41, 5.74) is 2.15. The quantitative estimate of drug-likeness (QED) is 0.255. The predicted molar refractivity (Wildman–Crippen MR) is 227 cm³/mol. The summed E-state index contributed by atoms with van der Waals surface area (Å²) >= 11 is 0. The molecule has 3 aromatic rings. The van der Waals surface area contributed by atoms with Crippen LogP contribution in [-0.4, -0.2) is 79.5 Å². The van der Waals surface area contributed by atoms with Gasteiger partial charge in [0.1, 0.15) is 17.6 Å². The summed E-state index contributed by atoms with van der Waals surface area (Å²) in [5, 5.41) is 0.219. The number of esters is 1. The summed E-state index contributed by atoms with van der Waals surface area (Å²) in [4.78, 5) is 63.7. The first-order chi connectivity index (χ1) is 28.9. The number of hydrogen-bond acceptors (Lipinski definition) is 10. The number of amides is 2. The van der Waals surface area contributed by atoms with Gasteiger partial charge in [0.2, 0.25) is 21.8 Å². The molecule has 5 aliphatic rings. The highest BCUT2D eigenvalue weighted by atomic mass is 32.2. The number of pyridine rings is 1. The van der Waals surface area contributed by atoms with Crippen LogP contribution in [0.15, 0.2) is 48.5 Å². The number of carbonyl (C=O) groups is 4. The number of nitrogens with zero attached hydrogens (tertiary/aromatic N) is 2. The van der Waals surface area contributed by atoms with Gasteiger partial charge in [-0.1, -0.05) is 75.8 Å². The topological polar surface area (TPSA) is 158 Å². The molecule has 0 unspecified atom stereocenters. The van der Waals surface area contributed by atoms with E-state index in [1.807, 2.05) is 42.5 Å². The molecule has 322 valence electrons. The minimum atomic E-state index is -3.83. The van der Waals surface area contributed by atoms with E-state index in [1.165, 1.54) is 0 Å². The van der Waals surface area contributed by atoms with Crippen LogP contribution in [0.1, 0.15) is 115 Å². The number of sulfonamides is 1. The SMILES string of the molecule is COc1cc2nc(-c3ccccc3)cc3c2cc1CCCC[C@@H](C)COC(=O)C[C@H]1CCCCCCC[C@H]2C[C@@]2(C(=O)NS(=O)(=O)C2CC2)CC(=O)[C@@H]2C[C@H](CN2C1=O)O3. The minimum absolute atomic E-state index is 0.0844. The third kappa shape index (κ3) is 9.35. The molecule has 5 bridgehead atoms. The maximum Gasteiger partial charge on any atom is 0.306 e. The monoisotopic (exact) mass is 841 g/mol. The second kappa shape index (κ2) is 17.8. The van der Waals surface area contributed by atoms with E-state index in [0.29, 0.717) is 42.6 Å². The molecular weight excluding hydrogens is 783 g/mol. The van der Waals surface area contributed by atoms with Crippen molar-refractivity contribution in [3.05, 3.63) is 54.1 Å². The van der Waals surface area contributed by atoms with Gasteiger partial charge >= 0.3 is 5.97 Å². The third-order valence-electron chi connectivity index (χ3n) is 13.6. The van der Waals surface area contributed by atoms with Gasteiger partial charge in [-0.2, -0.15) is 0 Å². The molecule has 60 heavy (non-hydrogen) atoms. The molecule has 2 saturated heterocycles. The maximum absolute atomic E-state index is 14.9. The van der Waals surface area contributed by atoms with Gasteiger partial charge in [-0.05, 0) is 74.8 Å². The summed E-state index contributed by atoms with van der Waals surface area (Å²) in [6.07, 6.45) is 9.79. The Morgan fingerprint density at radius 2 is 1.68 bits per heavy atom. The highest BCUT2D eigenvalue weighted by Gasteiger charge is 2.62. The van der Waals surface area contributed by atoms with Crippen molar-refractivity contribution < 1.29 is 41.8 Å². The summed E-state index contributed by atoms with van der Waals surface area (Å²) in [6.45, 7) is 2.44. The zero-order valence-corrected chi connectivity index (χ0v) is 35.8. The molecule has 0 spiro atoms. The van der Waals surface area contributed by atoms with Crippen LogP contribution < -0.4 is 14.2 Å².